The summed E-state index contributed by atoms with van der Waals surface area (Å²) in [5.74, 6) is -0.590. The molecule has 0 aliphatic heterocycles. The first-order valence-electron chi connectivity index (χ1n) is 7.40. The molecular weight excluding hydrogens is 349 g/mol. The molecule has 3 rings (SSSR count). The van der Waals surface area contributed by atoms with Crippen LogP contribution in [0, 0.1) is 5.82 Å². The van der Waals surface area contributed by atoms with Gasteiger partial charge >= 0.3 is 6.01 Å². The second-order valence-corrected chi connectivity index (χ2v) is 5.33. The van der Waals surface area contributed by atoms with Gasteiger partial charge in [-0.05, 0) is 43.3 Å². The second kappa shape index (κ2) is 7.31. The van der Waals surface area contributed by atoms with Crippen molar-refractivity contribution in [2.24, 2.45) is 0 Å². The van der Waals surface area contributed by atoms with E-state index in [2.05, 4.69) is 15.5 Å². The molecule has 8 heteroatoms. The number of hydrogen-bond acceptors (Lipinski definition) is 5. The Hall–Kier alpha value is -2.93. The first kappa shape index (κ1) is 16.9. The van der Waals surface area contributed by atoms with Crippen LogP contribution < -0.4 is 10.1 Å². The van der Waals surface area contributed by atoms with Gasteiger partial charge in [-0.15, -0.1) is 5.10 Å². The van der Waals surface area contributed by atoms with Crippen molar-refractivity contribution in [2.45, 2.75) is 6.92 Å². The Morgan fingerprint density at radius 3 is 2.68 bits per heavy atom. The van der Waals surface area contributed by atoms with Crippen LogP contribution in [0.2, 0.25) is 5.02 Å². The van der Waals surface area contributed by atoms with E-state index in [-0.39, 0.29) is 22.5 Å². The zero-order chi connectivity index (χ0) is 17.8. The number of halogens is 2. The van der Waals surface area contributed by atoms with Crippen molar-refractivity contribution in [3.8, 4) is 17.2 Å². The molecule has 128 valence electrons. The lowest BCUT2D eigenvalue weighted by Gasteiger charge is -2.04. The third kappa shape index (κ3) is 3.77. The number of carbonyl (C=O) groups is 1. The van der Waals surface area contributed by atoms with Crippen LogP contribution in [0.4, 0.5) is 10.4 Å². The molecule has 2 aromatic carbocycles. The highest BCUT2D eigenvalue weighted by Gasteiger charge is 2.18. The monoisotopic (exact) mass is 361 g/mol. The van der Waals surface area contributed by atoms with Crippen LogP contribution in [0.25, 0.3) is 11.5 Å². The molecule has 0 radical (unpaired) electrons. The van der Waals surface area contributed by atoms with Gasteiger partial charge in [-0.1, -0.05) is 22.8 Å². The van der Waals surface area contributed by atoms with Crippen molar-refractivity contribution in [1.29, 1.82) is 0 Å². The number of rotatable bonds is 5. The van der Waals surface area contributed by atoms with Crippen molar-refractivity contribution in [3.05, 3.63) is 58.9 Å². The second-order valence-electron chi connectivity index (χ2n) is 4.92. The van der Waals surface area contributed by atoms with Gasteiger partial charge in [0.2, 0.25) is 5.89 Å². The standard InChI is InChI=1S/C17H13ClFN3O3/c1-2-24-11-8-6-10(7-9-11)16-21-22-17(25-16)20-15(23)14-12(18)4-3-5-13(14)19/h3-9H,2H2,1H3,(H,20,22,23). The van der Waals surface area contributed by atoms with E-state index < -0.39 is 11.7 Å². The molecule has 0 saturated carbocycles. The molecule has 0 aliphatic carbocycles. The molecule has 0 unspecified atom stereocenters. The van der Waals surface area contributed by atoms with Gasteiger partial charge in [0.25, 0.3) is 5.91 Å². The maximum Gasteiger partial charge on any atom is 0.322 e. The summed E-state index contributed by atoms with van der Waals surface area (Å²) in [6.07, 6.45) is 0. The molecule has 0 saturated heterocycles. The number of aromatic nitrogens is 2. The van der Waals surface area contributed by atoms with Gasteiger partial charge < -0.3 is 9.15 Å². The quantitative estimate of drug-likeness (QED) is 0.737. The summed E-state index contributed by atoms with van der Waals surface area (Å²) >= 11 is 5.85. The van der Waals surface area contributed by atoms with Crippen LogP contribution in [0.1, 0.15) is 17.3 Å². The fourth-order valence-electron chi connectivity index (χ4n) is 2.13. The smallest absolute Gasteiger partial charge is 0.322 e. The van der Waals surface area contributed by atoms with E-state index >= 15 is 0 Å². The Kier molecular flexibility index (Phi) is 4.95. The molecule has 0 aliphatic rings. The molecule has 1 aromatic heterocycles. The number of carbonyl (C=O) groups excluding carboxylic acids is 1. The van der Waals surface area contributed by atoms with Crippen molar-refractivity contribution in [3.63, 3.8) is 0 Å². The molecule has 0 atom stereocenters. The third-order valence-corrected chi connectivity index (χ3v) is 3.56. The highest BCUT2D eigenvalue weighted by atomic mass is 35.5. The summed E-state index contributed by atoms with van der Waals surface area (Å²) in [6, 6.07) is 10.8. The average molecular weight is 362 g/mol. The van der Waals surface area contributed by atoms with Gasteiger partial charge in [-0.3, -0.25) is 10.1 Å². The van der Waals surface area contributed by atoms with E-state index in [1.807, 2.05) is 6.92 Å². The molecule has 0 bridgehead atoms. The van der Waals surface area contributed by atoms with Crippen molar-refractivity contribution < 1.29 is 18.3 Å². The molecule has 0 fully saturated rings. The average Bonchev–Trinajstić information content (AvgIpc) is 3.04. The maximum atomic E-state index is 13.8. The fraction of sp³-hybridized carbons (Fsp3) is 0.118. The van der Waals surface area contributed by atoms with Crippen LogP contribution in [-0.4, -0.2) is 22.7 Å². The van der Waals surface area contributed by atoms with Crippen LogP contribution in [0.15, 0.2) is 46.9 Å². The molecule has 6 nitrogen and oxygen atoms in total. The summed E-state index contributed by atoms with van der Waals surface area (Å²) in [4.78, 5) is 12.1. The Balaban J connectivity index is 1.76. The van der Waals surface area contributed by atoms with Crippen molar-refractivity contribution in [1.82, 2.24) is 10.2 Å². The molecule has 25 heavy (non-hydrogen) atoms. The van der Waals surface area contributed by atoms with Crippen LogP contribution in [-0.2, 0) is 0 Å². The highest BCUT2D eigenvalue weighted by molar-refractivity contribution is 6.34. The maximum absolute atomic E-state index is 13.8. The van der Waals surface area contributed by atoms with Gasteiger partial charge in [-0.2, -0.15) is 0 Å². The predicted molar refractivity (Wildman–Crippen MR) is 90.3 cm³/mol. The van der Waals surface area contributed by atoms with Gasteiger partial charge in [-0.25, -0.2) is 4.39 Å². The number of anilines is 1. The highest BCUT2D eigenvalue weighted by Crippen LogP contribution is 2.24. The molecule has 1 heterocycles. The largest absolute Gasteiger partial charge is 0.494 e. The summed E-state index contributed by atoms with van der Waals surface area (Å²) in [6.45, 7) is 2.46. The lowest BCUT2D eigenvalue weighted by Crippen LogP contribution is -2.14. The summed E-state index contributed by atoms with van der Waals surface area (Å²) in [5, 5.41) is 9.91. The van der Waals surface area contributed by atoms with Crippen LogP contribution in [0.3, 0.4) is 0 Å². The van der Waals surface area contributed by atoms with Gasteiger partial charge in [0.05, 0.1) is 17.2 Å². The minimum absolute atomic E-state index is 0.0104. The molecular formula is C17H13ClFN3O3. The molecule has 0 spiro atoms. The van der Waals surface area contributed by atoms with Crippen LogP contribution >= 0.6 is 11.6 Å². The van der Waals surface area contributed by atoms with E-state index in [9.17, 15) is 9.18 Å². The molecule has 1 amide bonds. The van der Waals surface area contributed by atoms with E-state index in [4.69, 9.17) is 20.8 Å². The van der Waals surface area contributed by atoms with E-state index in [0.717, 1.165) is 6.07 Å². The number of hydrogen-bond donors (Lipinski definition) is 1. The Labute approximate surface area is 147 Å². The van der Waals surface area contributed by atoms with E-state index in [0.29, 0.717) is 17.9 Å². The SMILES string of the molecule is CCOc1ccc(-c2nnc(NC(=O)c3c(F)cccc3Cl)o2)cc1. The first-order valence-corrected chi connectivity index (χ1v) is 7.78. The minimum Gasteiger partial charge on any atom is -0.494 e. The number of amides is 1. The number of ether oxygens (including phenoxy) is 1. The summed E-state index contributed by atoms with van der Waals surface area (Å²) < 4.78 is 24.5. The number of benzene rings is 2. The van der Waals surface area contributed by atoms with E-state index in [1.165, 1.54) is 12.1 Å². The third-order valence-electron chi connectivity index (χ3n) is 3.25. The topological polar surface area (TPSA) is 77.3 Å². The Bertz CT molecular complexity index is 876. The van der Waals surface area contributed by atoms with Crippen molar-refractivity contribution >= 4 is 23.5 Å². The summed E-state index contributed by atoms with van der Waals surface area (Å²) in [5.41, 5.74) is 0.366. The summed E-state index contributed by atoms with van der Waals surface area (Å²) in [7, 11) is 0. The predicted octanol–water partition coefficient (Wildman–Crippen LogP) is 4.18. The number of nitrogens with one attached hydrogen (secondary N) is 1. The zero-order valence-corrected chi connectivity index (χ0v) is 13.9. The minimum atomic E-state index is -0.773. The lowest BCUT2D eigenvalue weighted by molar-refractivity contribution is 0.102. The van der Waals surface area contributed by atoms with Gasteiger partial charge in [0.15, 0.2) is 0 Å². The van der Waals surface area contributed by atoms with Crippen LogP contribution in [0.5, 0.6) is 5.75 Å². The van der Waals surface area contributed by atoms with E-state index in [1.54, 1.807) is 24.3 Å². The first-order chi connectivity index (χ1) is 12.1. The normalized spacial score (nSPS) is 10.5. The number of nitrogens with zero attached hydrogens (tertiary/aromatic N) is 2. The Morgan fingerprint density at radius 2 is 2.00 bits per heavy atom. The fourth-order valence-corrected chi connectivity index (χ4v) is 2.37. The van der Waals surface area contributed by atoms with Gasteiger partial charge in [0, 0.05) is 5.56 Å². The molecule has 3 aromatic rings. The zero-order valence-electron chi connectivity index (χ0n) is 13.1. The van der Waals surface area contributed by atoms with Gasteiger partial charge in [0.1, 0.15) is 11.6 Å². The Morgan fingerprint density at radius 1 is 1.24 bits per heavy atom. The molecule has 1 N–H and O–H groups in total. The lowest BCUT2D eigenvalue weighted by atomic mass is 10.2. The van der Waals surface area contributed by atoms with Crippen molar-refractivity contribution in [2.75, 3.05) is 11.9 Å².